The smallest absolute Gasteiger partial charge is 0.416 e. The number of hydrogen-bond acceptors (Lipinski definition) is 3. The van der Waals surface area contributed by atoms with Gasteiger partial charge in [0.2, 0.25) is 0 Å². The summed E-state index contributed by atoms with van der Waals surface area (Å²) >= 11 is 5.13. The lowest BCUT2D eigenvalue weighted by Gasteiger charge is -2.12. The van der Waals surface area contributed by atoms with E-state index < -0.39 is 17.7 Å². The van der Waals surface area contributed by atoms with Crippen molar-refractivity contribution < 1.29 is 22.7 Å². The molecule has 2 aromatic rings. The third-order valence-electron chi connectivity index (χ3n) is 3.30. The number of carbonyl (C=O) groups is 1. The van der Waals surface area contributed by atoms with E-state index in [1.165, 1.54) is 19.2 Å². The minimum absolute atomic E-state index is 0.282. The fourth-order valence-electron chi connectivity index (χ4n) is 1.98. The molecule has 2 rings (SSSR count). The molecule has 0 aromatic heterocycles. The van der Waals surface area contributed by atoms with Crippen LogP contribution in [0.4, 0.5) is 18.9 Å². The van der Waals surface area contributed by atoms with E-state index in [9.17, 15) is 18.0 Å². The minimum atomic E-state index is -4.35. The van der Waals surface area contributed by atoms with Crippen molar-refractivity contribution in [1.82, 2.24) is 5.32 Å². The van der Waals surface area contributed by atoms with Crippen LogP contribution in [-0.2, 0) is 17.5 Å². The van der Waals surface area contributed by atoms with Crippen LogP contribution in [-0.4, -0.2) is 18.2 Å². The van der Waals surface area contributed by atoms with Gasteiger partial charge in [-0.1, -0.05) is 12.1 Å². The van der Waals surface area contributed by atoms with Gasteiger partial charge in [0.25, 0.3) is 0 Å². The highest BCUT2D eigenvalue weighted by Gasteiger charge is 2.29. The van der Waals surface area contributed by atoms with Crippen molar-refractivity contribution in [2.24, 2.45) is 0 Å². The maximum atomic E-state index is 12.5. The first-order chi connectivity index (χ1) is 11.8. The second-order valence-corrected chi connectivity index (χ2v) is 5.48. The highest BCUT2D eigenvalue weighted by atomic mass is 32.1. The molecule has 0 atom stereocenters. The predicted molar refractivity (Wildman–Crippen MR) is 92.3 cm³/mol. The molecular formula is C17H15F3N2O2S. The fourth-order valence-corrected chi connectivity index (χ4v) is 2.17. The topological polar surface area (TPSA) is 50.4 Å². The number of rotatable bonds is 4. The number of benzene rings is 2. The average Bonchev–Trinajstić information content (AvgIpc) is 2.59. The molecule has 0 aliphatic rings. The van der Waals surface area contributed by atoms with Crippen molar-refractivity contribution >= 4 is 29.0 Å². The molecule has 0 amide bonds. The van der Waals surface area contributed by atoms with Crippen LogP contribution < -0.4 is 10.6 Å². The molecule has 0 spiro atoms. The number of ether oxygens (including phenoxy) is 1. The van der Waals surface area contributed by atoms with Gasteiger partial charge < -0.3 is 15.4 Å². The van der Waals surface area contributed by atoms with E-state index in [2.05, 4.69) is 15.4 Å². The van der Waals surface area contributed by atoms with E-state index in [-0.39, 0.29) is 6.54 Å². The Morgan fingerprint density at radius 3 is 2.20 bits per heavy atom. The van der Waals surface area contributed by atoms with Crippen molar-refractivity contribution in [2.45, 2.75) is 12.7 Å². The van der Waals surface area contributed by atoms with Gasteiger partial charge in [-0.3, -0.25) is 0 Å². The van der Waals surface area contributed by atoms with Crippen LogP contribution >= 0.6 is 12.2 Å². The number of nitrogens with one attached hydrogen (secondary N) is 2. The van der Waals surface area contributed by atoms with Crippen LogP contribution in [0.2, 0.25) is 0 Å². The number of carbonyl (C=O) groups excluding carboxylic acids is 1. The first kappa shape index (κ1) is 18.7. The molecular weight excluding hydrogens is 353 g/mol. The molecule has 0 aliphatic carbocycles. The summed E-state index contributed by atoms with van der Waals surface area (Å²) in [5.74, 6) is -0.436. The Bertz CT molecular complexity index is 744. The first-order valence-corrected chi connectivity index (χ1v) is 7.60. The SMILES string of the molecule is COC(=O)c1ccc(NC(=S)NCc2ccc(C(F)(F)F)cc2)cc1. The minimum Gasteiger partial charge on any atom is -0.465 e. The van der Waals surface area contributed by atoms with Gasteiger partial charge in [-0.2, -0.15) is 13.2 Å². The van der Waals surface area contributed by atoms with Crippen LogP contribution in [0.3, 0.4) is 0 Å². The monoisotopic (exact) mass is 368 g/mol. The molecule has 0 bridgehead atoms. The molecule has 0 fully saturated rings. The molecule has 0 saturated heterocycles. The van der Waals surface area contributed by atoms with Crippen LogP contribution in [0.1, 0.15) is 21.5 Å². The fraction of sp³-hybridized carbons (Fsp3) is 0.176. The zero-order valence-electron chi connectivity index (χ0n) is 13.2. The number of esters is 1. The van der Waals surface area contributed by atoms with Crippen molar-refractivity contribution in [3.05, 3.63) is 65.2 Å². The summed E-state index contributed by atoms with van der Waals surface area (Å²) in [7, 11) is 1.30. The molecule has 4 nitrogen and oxygen atoms in total. The molecule has 25 heavy (non-hydrogen) atoms. The van der Waals surface area contributed by atoms with Crippen molar-refractivity contribution in [3.63, 3.8) is 0 Å². The van der Waals surface area contributed by atoms with Gasteiger partial charge in [0.15, 0.2) is 5.11 Å². The summed E-state index contributed by atoms with van der Waals surface area (Å²) in [4.78, 5) is 11.3. The highest BCUT2D eigenvalue weighted by molar-refractivity contribution is 7.80. The average molecular weight is 368 g/mol. The molecule has 132 valence electrons. The lowest BCUT2D eigenvalue weighted by molar-refractivity contribution is -0.137. The maximum Gasteiger partial charge on any atom is 0.416 e. The van der Waals surface area contributed by atoms with Gasteiger partial charge in [0, 0.05) is 12.2 Å². The molecule has 0 heterocycles. The number of anilines is 1. The van der Waals surface area contributed by atoms with Gasteiger partial charge >= 0.3 is 12.1 Å². The summed E-state index contributed by atoms with van der Waals surface area (Å²) in [6.07, 6.45) is -4.35. The van der Waals surface area contributed by atoms with Gasteiger partial charge in [0.05, 0.1) is 18.2 Å². The van der Waals surface area contributed by atoms with Crippen molar-refractivity contribution in [1.29, 1.82) is 0 Å². The van der Waals surface area contributed by atoms with Crippen LogP contribution in [0.5, 0.6) is 0 Å². The van der Waals surface area contributed by atoms with Crippen molar-refractivity contribution in [2.75, 3.05) is 12.4 Å². The number of thiocarbonyl (C=S) groups is 1. The van der Waals surface area contributed by atoms with Gasteiger partial charge in [-0.05, 0) is 54.2 Å². The van der Waals surface area contributed by atoms with Gasteiger partial charge in [0.1, 0.15) is 0 Å². The summed E-state index contributed by atoms with van der Waals surface area (Å²) in [5, 5.41) is 6.13. The van der Waals surface area contributed by atoms with E-state index in [1.807, 2.05) is 0 Å². The van der Waals surface area contributed by atoms with Crippen LogP contribution in [0.25, 0.3) is 0 Å². The number of alkyl halides is 3. The van der Waals surface area contributed by atoms with Crippen LogP contribution in [0.15, 0.2) is 48.5 Å². The second-order valence-electron chi connectivity index (χ2n) is 5.07. The largest absolute Gasteiger partial charge is 0.465 e. The zero-order valence-corrected chi connectivity index (χ0v) is 14.0. The Morgan fingerprint density at radius 1 is 1.08 bits per heavy atom. The first-order valence-electron chi connectivity index (χ1n) is 7.19. The lowest BCUT2D eigenvalue weighted by Crippen LogP contribution is -2.27. The van der Waals surface area contributed by atoms with E-state index in [0.29, 0.717) is 21.9 Å². The van der Waals surface area contributed by atoms with E-state index in [4.69, 9.17) is 12.2 Å². The summed E-state index contributed by atoms with van der Waals surface area (Å²) < 4.78 is 42.1. The maximum absolute atomic E-state index is 12.5. The predicted octanol–water partition coefficient (Wildman–Crippen LogP) is 3.98. The van der Waals surface area contributed by atoms with Crippen molar-refractivity contribution in [3.8, 4) is 0 Å². The molecule has 2 N–H and O–H groups in total. The Labute approximate surface area is 148 Å². The highest BCUT2D eigenvalue weighted by Crippen LogP contribution is 2.29. The zero-order chi connectivity index (χ0) is 18.4. The quantitative estimate of drug-likeness (QED) is 0.632. The Balaban J connectivity index is 1.87. The van der Waals surface area contributed by atoms with E-state index in [0.717, 1.165) is 12.1 Å². The standard InChI is InChI=1S/C17H15F3N2O2S/c1-24-15(23)12-4-8-14(9-5-12)22-16(25)21-10-11-2-6-13(7-3-11)17(18,19)20/h2-9H,10H2,1H3,(H2,21,22,25). The third-order valence-corrected chi connectivity index (χ3v) is 3.54. The Morgan fingerprint density at radius 2 is 1.68 bits per heavy atom. The third kappa shape index (κ3) is 5.46. The van der Waals surface area contributed by atoms with Gasteiger partial charge in [-0.15, -0.1) is 0 Å². The summed E-state index contributed by atoms with van der Waals surface area (Å²) in [6.45, 7) is 0.282. The summed E-state index contributed by atoms with van der Waals surface area (Å²) in [5.41, 5.74) is 1.05. The number of hydrogen-bond donors (Lipinski definition) is 2. The summed E-state index contributed by atoms with van der Waals surface area (Å²) in [6, 6.07) is 11.3. The van der Waals surface area contributed by atoms with E-state index >= 15 is 0 Å². The van der Waals surface area contributed by atoms with E-state index in [1.54, 1.807) is 24.3 Å². The lowest BCUT2D eigenvalue weighted by atomic mass is 10.1. The normalized spacial score (nSPS) is 10.9. The Hall–Kier alpha value is -2.61. The number of halogens is 3. The Kier molecular flexibility index (Phi) is 5.97. The molecule has 0 saturated carbocycles. The number of methoxy groups -OCH3 is 1. The van der Waals surface area contributed by atoms with Crippen LogP contribution in [0, 0.1) is 0 Å². The van der Waals surface area contributed by atoms with Gasteiger partial charge in [-0.25, -0.2) is 4.79 Å². The molecule has 2 aromatic carbocycles. The molecule has 8 heteroatoms. The molecule has 0 unspecified atom stereocenters. The molecule has 0 radical (unpaired) electrons. The second kappa shape index (κ2) is 7.98. The molecule has 0 aliphatic heterocycles.